The summed E-state index contributed by atoms with van der Waals surface area (Å²) < 4.78 is 29.2. The van der Waals surface area contributed by atoms with E-state index in [9.17, 15) is 18.4 Å². The van der Waals surface area contributed by atoms with E-state index in [2.05, 4.69) is 10.1 Å². The van der Waals surface area contributed by atoms with Crippen LogP contribution in [0.1, 0.15) is 64.6 Å². The Morgan fingerprint density at radius 2 is 2.19 bits per heavy atom. The predicted octanol–water partition coefficient (Wildman–Crippen LogP) is 3.82. The molecule has 3 rings (SSSR count). The van der Waals surface area contributed by atoms with Crippen molar-refractivity contribution in [1.29, 1.82) is 0 Å². The fraction of sp³-hybridized carbons (Fsp3) is 0.667. The largest absolute Gasteiger partial charge is 0.377 e. The Hall–Kier alpha value is -1.54. The minimum Gasteiger partial charge on any atom is -0.377 e. The van der Waals surface area contributed by atoms with E-state index >= 15 is 0 Å². The standard InChI is InChI=1S/C18H24F2N2O3S/c1-2-22-16-12(15(21)24)11-5-6-18(9-10-3-4-10,7-8-25-17(19)20)14(23)13(11)26-16/h10,17,22H,2-9H2,1H3,(H2,21,24). The van der Waals surface area contributed by atoms with Crippen LogP contribution in [-0.2, 0) is 11.2 Å². The summed E-state index contributed by atoms with van der Waals surface area (Å²) in [4.78, 5) is 25.8. The van der Waals surface area contributed by atoms with Crippen LogP contribution in [0.25, 0.3) is 0 Å². The molecular weight excluding hydrogens is 362 g/mol. The van der Waals surface area contributed by atoms with E-state index in [0.717, 1.165) is 12.8 Å². The lowest BCUT2D eigenvalue weighted by Crippen LogP contribution is -2.37. The summed E-state index contributed by atoms with van der Waals surface area (Å²) in [5.74, 6) is -0.0991. The highest BCUT2D eigenvalue weighted by Gasteiger charge is 2.47. The van der Waals surface area contributed by atoms with Crippen LogP contribution < -0.4 is 11.1 Å². The van der Waals surface area contributed by atoms with E-state index in [1.54, 1.807) is 0 Å². The number of Topliss-reactive ketones (excluding diaryl/α,β-unsaturated/α-hetero) is 1. The smallest absolute Gasteiger partial charge is 0.345 e. The monoisotopic (exact) mass is 386 g/mol. The molecule has 0 saturated heterocycles. The number of halogens is 2. The van der Waals surface area contributed by atoms with Gasteiger partial charge in [0.1, 0.15) is 5.00 Å². The second-order valence-electron chi connectivity index (χ2n) is 7.15. The lowest BCUT2D eigenvalue weighted by atomic mass is 9.67. The average Bonchev–Trinajstić information content (AvgIpc) is 3.29. The van der Waals surface area contributed by atoms with E-state index in [1.165, 1.54) is 11.3 Å². The van der Waals surface area contributed by atoms with Gasteiger partial charge in [0.15, 0.2) is 5.78 Å². The topological polar surface area (TPSA) is 81.4 Å². The number of rotatable bonds is 9. The van der Waals surface area contributed by atoms with E-state index in [4.69, 9.17) is 5.73 Å². The second kappa shape index (κ2) is 7.60. The molecule has 1 saturated carbocycles. The number of thiophene rings is 1. The van der Waals surface area contributed by atoms with Crippen molar-refractivity contribution >= 4 is 28.0 Å². The number of hydrogen-bond donors (Lipinski definition) is 2. The van der Waals surface area contributed by atoms with Crippen molar-refractivity contribution in [2.75, 3.05) is 18.5 Å². The number of ether oxygens (including phenoxy) is 1. The molecule has 5 nitrogen and oxygen atoms in total. The SMILES string of the molecule is CCNc1sc2c(c1C(N)=O)CCC(CCOC(F)F)(CC1CC1)C2=O. The van der Waals surface area contributed by atoms with Crippen molar-refractivity contribution < 1.29 is 23.1 Å². The molecule has 0 aliphatic heterocycles. The highest BCUT2D eigenvalue weighted by molar-refractivity contribution is 7.18. The fourth-order valence-corrected chi connectivity index (χ4v) is 5.29. The molecule has 1 aromatic heterocycles. The van der Waals surface area contributed by atoms with Crippen molar-refractivity contribution in [3.8, 4) is 0 Å². The lowest BCUT2D eigenvalue weighted by Gasteiger charge is -2.36. The quantitative estimate of drug-likeness (QED) is 0.676. The molecule has 144 valence electrons. The number of hydrogen-bond acceptors (Lipinski definition) is 5. The molecule has 3 N–H and O–H groups in total. The van der Waals surface area contributed by atoms with Crippen LogP contribution in [0.4, 0.5) is 13.8 Å². The van der Waals surface area contributed by atoms with Gasteiger partial charge in [-0.25, -0.2) is 0 Å². The molecule has 1 aromatic rings. The van der Waals surface area contributed by atoms with Gasteiger partial charge in [-0.2, -0.15) is 8.78 Å². The molecule has 1 heterocycles. The second-order valence-corrected chi connectivity index (χ2v) is 8.17. The first-order valence-electron chi connectivity index (χ1n) is 9.02. The number of nitrogens with two attached hydrogens (primary N) is 1. The van der Waals surface area contributed by atoms with Crippen LogP contribution in [-0.4, -0.2) is 31.5 Å². The Morgan fingerprint density at radius 1 is 1.46 bits per heavy atom. The number of carbonyl (C=O) groups is 2. The summed E-state index contributed by atoms with van der Waals surface area (Å²) in [5.41, 5.74) is 5.99. The molecule has 0 aromatic carbocycles. The third kappa shape index (κ3) is 3.76. The molecule has 1 unspecified atom stereocenters. The summed E-state index contributed by atoms with van der Waals surface area (Å²) in [7, 11) is 0. The number of amides is 1. The van der Waals surface area contributed by atoms with E-state index in [0.29, 0.717) is 52.7 Å². The molecule has 2 aliphatic carbocycles. The van der Waals surface area contributed by atoms with Crippen LogP contribution in [0.3, 0.4) is 0 Å². The Bertz CT molecular complexity index is 703. The average molecular weight is 386 g/mol. The third-order valence-electron chi connectivity index (χ3n) is 5.33. The van der Waals surface area contributed by atoms with Gasteiger partial charge in [0.05, 0.1) is 17.0 Å². The zero-order chi connectivity index (χ0) is 18.9. The molecule has 0 radical (unpaired) electrons. The fourth-order valence-electron chi connectivity index (χ4n) is 3.90. The van der Waals surface area contributed by atoms with Crippen molar-refractivity contribution in [2.24, 2.45) is 17.1 Å². The molecule has 0 spiro atoms. The van der Waals surface area contributed by atoms with Gasteiger partial charge in [-0.1, -0.05) is 12.8 Å². The number of carbonyl (C=O) groups excluding carboxylic acids is 2. The summed E-state index contributed by atoms with van der Waals surface area (Å²) in [6.07, 6.45) is 4.26. The minimum atomic E-state index is -2.83. The van der Waals surface area contributed by atoms with Crippen molar-refractivity contribution in [2.45, 2.75) is 52.1 Å². The Morgan fingerprint density at radius 3 is 2.77 bits per heavy atom. The van der Waals surface area contributed by atoms with Crippen molar-refractivity contribution in [1.82, 2.24) is 0 Å². The van der Waals surface area contributed by atoms with Gasteiger partial charge in [0.25, 0.3) is 5.91 Å². The first-order chi connectivity index (χ1) is 12.4. The molecule has 26 heavy (non-hydrogen) atoms. The van der Waals surface area contributed by atoms with E-state index < -0.39 is 17.9 Å². The van der Waals surface area contributed by atoms with Crippen LogP contribution in [0.15, 0.2) is 0 Å². The van der Waals surface area contributed by atoms with Crippen LogP contribution >= 0.6 is 11.3 Å². The Labute approximate surface area is 155 Å². The van der Waals surface area contributed by atoms with Gasteiger partial charge in [-0.05, 0) is 44.1 Å². The minimum absolute atomic E-state index is 0.0415. The maximum absolute atomic E-state index is 13.4. The highest BCUT2D eigenvalue weighted by Crippen LogP contribution is 2.51. The van der Waals surface area contributed by atoms with Crippen LogP contribution in [0, 0.1) is 11.3 Å². The molecule has 1 atom stereocenters. The number of ketones is 1. The number of primary amides is 1. The van der Waals surface area contributed by atoms with Gasteiger partial charge in [-0.15, -0.1) is 11.3 Å². The zero-order valence-corrected chi connectivity index (χ0v) is 15.6. The third-order valence-corrected chi connectivity index (χ3v) is 6.52. The highest BCUT2D eigenvalue weighted by atomic mass is 32.1. The molecule has 2 aliphatic rings. The summed E-state index contributed by atoms with van der Waals surface area (Å²) >= 11 is 1.26. The number of fused-ring (bicyclic) bond motifs is 1. The zero-order valence-electron chi connectivity index (χ0n) is 14.8. The van der Waals surface area contributed by atoms with Gasteiger partial charge in [0, 0.05) is 12.0 Å². The summed E-state index contributed by atoms with van der Waals surface area (Å²) in [6, 6.07) is 0. The molecule has 0 bridgehead atoms. The first-order valence-corrected chi connectivity index (χ1v) is 9.83. The van der Waals surface area contributed by atoms with Crippen LogP contribution in [0.5, 0.6) is 0 Å². The van der Waals surface area contributed by atoms with Gasteiger partial charge >= 0.3 is 6.61 Å². The van der Waals surface area contributed by atoms with Gasteiger partial charge < -0.3 is 15.8 Å². The maximum Gasteiger partial charge on any atom is 0.345 e. The van der Waals surface area contributed by atoms with Gasteiger partial charge in [0.2, 0.25) is 0 Å². The summed E-state index contributed by atoms with van der Waals surface area (Å²) in [6.45, 7) is -0.446. The Kier molecular flexibility index (Phi) is 5.62. The molecule has 8 heteroatoms. The Balaban J connectivity index is 1.92. The lowest BCUT2D eigenvalue weighted by molar-refractivity contribution is -0.133. The van der Waals surface area contributed by atoms with Crippen LogP contribution in [0.2, 0.25) is 0 Å². The maximum atomic E-state index is 13.4. The number of alkyl halides is 2. The molecule has 1 fully saturated rings. The number of anilines is 1. The van der Waals surface area contributed by atoms with E-state index in [1.807, 2.05) is 6.92 Å². The molecular formula is C18H24F2N2O3S. The predicted molar refractivity (Wildman–Crippen MR) is 96.0 cm³/mol. The first kappa shape index (κ1) is 19.2. The van der Waals surface area contributed by atoms with E-state index in [-0.39, 0.29) is 18.8 Å². The molecule has 1 amide bonds. The normalized spacial score (nSPS) is 22.5. The van der Waals surface area contributed by atoms with Crippen molar-refractivity contribution in [3.05, 3.63) is 16.0 Å². The van der Waals surface area contributed by atoms with Crippen molar-refractivity contribution in [3.63, 3.8) is 0 Å². The summed E-state index contributed by atoms with van der Waals surface area (Å²) in [5, 5.41) is 3.74. The van der Waals surface area contributed by atoms with Gasteiger partial charge in [-0.3, -0.25) is 9.59 Å². The number of nitrogens with one attached hydrogen (secondary N) is 1.